The highest BCUT2D eigenvalue weighted by atomic mass is 35.5. The van der Waals surface area contributed by atoms with Gasteiger partial charge in [0.05, 0.1) is 6.54 Å². The molecule has 3 nitrogen and oxygen atoms in total. The number of rotatable bonds is 3. The minimum absolute atomic E-state index is 0.129. The molecule has 1 aliphatic carbocycles. The van der Waals surface area contributed by atoms with E-state index in [0.717, 1.165) is 37.5 Å². The molecule has 1 aromatic carbocycles. The first kappa shape index (κ1) is 14.7. The predicted molar refractivity (Wildman–Crippen MR) is 88.8 cm³/mol. The molecule has 0 amide bonds. The van der Waals surface area contributed by atoms with Crippen molar-refractivity contribution in [3.8, 4) is 0 Å². The van der Waals surface area contributed by atoms with Crippen molar-refractivity contribution in [3.05, 3.63) is 34.9 Å². The second-order valence-corrected chi connectivity index (χ2v) is 7.04. The van der Waals surface area contributed by atoms with Crippen LogP contribution in [0.3, 0.4) is 0 Å². The highest BCUT2D eigenvalue weighted by molar-refractivity contribution is 6.31. The second-order valence-electron chi connectivity index (χ2n) is 6.63. The maximum atomic E-state index is 6.34. The summed E-state index contributed by atoms with van der Waals surface area (Å²) in [6.07, 6.45) is 4.83. The fourth-order valence-electron chi connectivity index (χ4n) is 3.28. The van der Waals surface area contributed by atoms with Gasteiger partial charge >= 0.3 is 0 Å². The number of guanidine groups is 1. The van der Waals surface area contributed by atoms with E-state index in [2.05, 4.69) is 24.0 Å². The maximum absolute atomic E-state index is 6.34. The van der Waals surface area contributed by atoms with E-state index in [1.165, 1.54) is 18.4 Å². The van der Waals surface area contributed by atoms with Crippen molar-refractivity contribution in [2.24, 2.45) is 16.6 Å². The van der Waals surface area contributed by atoms with Crippen molar-refractivity contribution in [3.63, 3.8) is 0 Å². The molecule has 1 heterocycles. The minimum Gasteiger partial charge on any atom is -0.370 e. The van der Waals surface area contributed by atoms with Crippen LogP contribution in [-0.4, -0.2) is 30.5 Å². The van der Waals surface area contributed by atoms with Crippen molar-refractivity contribution in [2.45, 2.75) is 38.0 Å². The van der Waals surface area contributed by atoms with Gasteiger partial charge in [-0.3, -0.25) is 4.99 Å². The van der Waals surface area contributed by atoms with Gasteiger partial charge in [0.1, 0.15) is 0 Å². The summed E-state index contributed by atoms with van der Waals surface area (Å²) in [5.41, 5.74) is 7.57. The van der Waals surface area contributed by atoms with Gasteiger partial charge in [-0.1, -0.05) is 36.7 Å². The zero-order valence-electron chi connectivity index (χ0n) is 12.7. The first-order chi connectivity index (χ1) is 10.1. The molecular formula is C17H24ClN3. The molecule has 0 radical (unpaired) electrons. The fourth-order valence-corrected chi connectivity index (χ4v) is 3.62. The lowest BCUT2D eigenvalue weighted by atomic mass is 9.96. The number of benzene rings is 1. The average Bonchev–Trinajstić information content (AvgIpc) is 3.26. The molecule has 1 aromatic rings. The molecular weight excluding hydrogens is 282 g/mol. The lowest BCUT2D eigenvalue weighted by molar-refractivity contribution is 0.270. The topological polar surface area (TPSA) is 41.6 Å². The van der Waals surface area contributed by atoms with Crippen molar-refractivity contribution in [2.75, 3.05) is 19.6 Å². The molecule has 1 saturated heterocycles. The summed E-state index contributed by atoms with van der Waals surface area (Å²) in [7, 11) is 0. The van der Waals surface area contributed by atoms with Gasteiger partial charge in [0, 0.05) is 23.5 Å². The Kier molecular flexibility index (Phi) is 4.12. The van der Waals surface area contributed by atoms with Crippen LogP contribution in [0.15, 0.2) is 29.3 Å². The van der Waals surface area contributed by atoms with Gasteiger partial charge in [-0.05, 0) is 43.2 Å². The van der Waals surface area contributed by atoms with Crippen LogP contribution in [-0.2, 0) is 5.41 Å². The molecule has 1 aliphatic heterocycles. The first-order valence-corrected chi connectivity index (χ1v) is 8.28. The summed E-state index contributed by atoms with van der Waals surface area (Å²) >= 11 is 6.34. The van der Waals surface area contributed by atoms with Gasteiger partial charge in [-0.25, -0.2) is 0 Å². The number of hydrogen-bond donors (Lipinski definition) is 1. The van der Waals surface area contributed by atoms with E-state index in [0.29, 0.717) is 11.9 Å². The van der Waals surface area contributed by atoms with E-state index in [9.17, 15) is 0 Å². The Balaban J connectivity index is 1.69. The third kappa shape index (κ3) is 3.18. The standard InChI is InChI=1S/C17H24ClN3/c1-13-5-4-10-21(11-13)16(19)20-12-17(8-9-17)14-6-2-3-7-15(14)18/h2-3,6-7,13H,4-5,8-12H2,1H3,(H2,19,20). The lowest BCUT2D eigenvalue weighted by Gasteiger charge is -2.32. The van der Waals surface area contributed by atoms with E-state index in [-0.39, 0.29) is 5.41 Å². The molecule has 2 aliphatic rings. The third-order valence-corrected chi connectivity index (χ3v) is 5.15. The van der Waals surface area contributed by atoms with E-state index >= 15 is 0 Å². The van der Waals surface area contributed by atoms with Gasteiger partial charge in [-0.15, -0.1) is 0 Å². The molecule has 0 aromatic heterocycles. The predicted octanol–water partition coefficient (Wildman–Crippen LogP) is 3.42. The number of nitrogens with zero attached hydrogens (tertiary/aromatic N) is 2. The zero-order chi connectivity index (χ0) is 14.9. The summed E-state index contributed by atoms with van der Waals surface area (Å²) in [6, 6.07) is 8.13. The van der Waals surface area contributed by atoms with Crippen LogP contribution in [0.1, 0.15) is 38.2 Å². The third-order valence-electron chi connectivity index (χ3n) is 4.82. The molecule has 1 atom stereocenters. The smallest absolute Gasteiger partial charge is 0.191 e. The summed E-state index contributed by atoms with van der Waals surface area (Å²) in [5, 5.41) is 0.857. The number of hydrogen-bond acceptors (Lipinski definition) is 1. The molecule has 21 heavy (non-hydrogen) atoms. The minimum atomic E-state index is 0.129. The Labute approximate surface area is 132 Å². The molecule has 3 rings (SSSR count). The SMILES string of the molecule is CC1CCCN(C(N)=NCC2(c3ccccc3Cl)CC2)C1. The Morgan fingerprint density at radius 3 is 2.86 bits per heavy atom. The number of nitrogens with two attached hydrogens (primary N) is 1. The average molecular weight is 306 g/mol. The molecule has 0 bridgehead atoms. The molecule has 4 heteroatoms. The molecule has 2 fully saturated rings. The zero-order valence-corrected chi connectivity index (χ0v) is 13.4. The van der Waals surface area contributed by atoms with Gasteiger partial charge in [0.15, 0.2) is 5.96 Å². The second kappa shape index (κ2) is 5.88. The van der Waals surface area contributed by atoms with Crippen molar-refractivity contribution < 1.29 is 0 Å². The number of aliphatic imine (C=N–C) groups is 1. The highest BCUT2D eigenvalue weighted by Crippen LogP contribution is 2.50. The maximum Gasteiger partial charge on any atom is 0.191 e. The molecule has 0 spiro atoms. The number of piperidine rings is 1. The summed E-state index contributed by atoms with van der Waals surface area (Å²) < 4.78 is 0. The Morgan fingerprint density at radius 1 is 1.43 bits per heavy atom. The van der Waals surface area contributed by atoms with E-state index in [4.69, 9.17) is 22.3 Å². The normalized spacial score (nSPS) is 25.0. The Hall–Kier alpha value is -1.22. The Bertz CT molecular complexity index is 537. The van der Waals surface area contributed by atoms with Crippen molar-refractivity contribution >= 4 is 17.6 Å². The molecule has 2 N–H and O–H groups in total. The van der Waals surface area contributed by atoms with Crippen LogP contribution >= 0.6 is 11.6 Å². The van der Waals surface area contributed by atoms with Crippen LogP contribution in [0.5, 0.6) is 0 Å². The van der Waals surface area contributed by atoms with Gasteiger partial charge in [-0.2, -0.15) is 0 Å². The largest absolute Gasteiger partial charge is 0.370 e. The number of likely N-dealkylation sites (tertiary alicyclic amines) is 1. The summed E-state index contributed by atoms with van der Waals surface area (Å²) in [5.74, 6) is 1.42. The van der Waals surface area contributed by atoms with Gasteiger partial charge < -0.3 is 10.6 Å². The van der Waals surface area contributed by atoms with Gasteiger partial charge in [0.25, 0.3) is 0 Å². The van der Waals surface area contributed by atoms with Crippen molar-refractivity contribution in [1.82, 2.24) is 4.90 Å². The summed E-state index contributed by atoms with van der Waals surface area (Å²) in [4.78, 5) is 6.93. The van der Waals surface area contributed by atoms with Crippen LogP contribution in [0.2, 0.25) is 5.02 Å². The van der Waals surface area contributed by atoms with Crippen LogP contribution in [0.4, 0.5) is 0 Å². The van der Waals surface area contributed by atoms with Crippen LogP contribution < -0.4 is 5.73 Å². The summed E-state index contributed by atoms with van der Waals surface area (Å²) in [6.45, 7) is 5.12. The van der Waals surface area contributed by atoms with E-state index in [1.807, 2.05) is 12.1 Å². The quantitative estimate of drug-likeness (QED) is 0.687. The van der Waals surface area contributed by atoms with Gasteiger partial charge in [0.2, 0.25) is 0 Å². The number of halogens is 1. The van der Waals surface area contributed by atoms with E-state index in [1.54, 1.807) is 0 Å². The highest BCUT2D eigenvalue weighted by Gasteiger charge is 2.45. The first-order valence-electron chi connectivity index (χ1n) is 7.91. The lowest BCUT2D eigenvalue weighted by Crippen LogP contribution is -2.43. The van der Waals surface area contributed by atoms with Crippen molar-refractivity contribution in [1.29, 1.82) is 0 Å². The van der Waals surface area contributed by atoms with E-state index < -0.39 is 0 Å². The Morgan fingerprint density at radius 2 is 2.19 bits per heavy atom. The van der Waals surface area contributed by atoms with Crippen LogP contribution in [0.25, 0.3) is 0 Å². The molecule has 1 saturated carbocycles. The monoisotopic (exact) mass is 305 g/mol. The fraction of sp³-hybridized carbons (Fsp3) is 0.588. The molecule has 1 unspecified atom stereocenters. The molecule has 114 valence electrons. The van der Waals surface area contributed by atoms with Crippen LogP contribution in [0, 0.1) is 5.92 Å².